The van der Waals surface area contributed by atoms with Crippen molar-refractivity contribution in [3.05, 3.63) is 28.6 Å². The van der Waals surface area contributed by atoms with Gasteiger partial charge in [-0.15, -0.1) is 0 Å². The van der Waals surface area contributed by atoms with Gasteiger partial charge in [-0.1, -0.05) is 0 Å². The van der Waals surface area contributed by atoms with Crippen LogP contribution in [0.3, 0.4) is 0 Å². The summed E-state index contributed by atoms with van der Waals surface area (Å²) in [6.45, 7) is 0.397. The SMILES string of the molecule is O=C(O)N(c1ccncc1[N+](=O)[O-])[C@@H]1CNC[C@@H](F)C1. The predicted octanol–water partition coefficient (Wildman–Crippen LogP) is 1.17. The minimum Gasteiger partial charge on any atom is -0.465 e. The molecule has 108 valence electrons. The van der Waals surface area contributed by atoms with Crippen LogP contribution in [0.1, 0.15) is 6.42 Å². The summed E-state index contributed by atoms with van der Waals surface area (Å²) in [7, 11) is 0. The predicted molar refractivity (Wildman–Crippen MR) is 67.6 cm³/mol. The van der Waals surface area contributed by atoms with E-state index in [2.05, 4.69) is 10.3 Å². The lowest BCUT2D eigenvalue weighted by molar-refractivity contribution is -0.384. The third-order valence-electron chi connectivity index (χ3n) is 3.08. The lowest BCUT2D eigenvalue weighted by Crippen LogP contribution is -2.52. The first-order chi connectivity index (χ1) is 9.50. The van der Waals surface area contributed by atoms with Crippen molar-refractivity contribution in [1.29, 1.82) is 0 Å². The number of halogens is 1. The number of aromatic nitrogens is 1. The molecule has 1 saturated heterocycles. The van der Waals surface area contributed by atoms with E-state index >= 15 is 0 Å². The van der Waals surface area contributed by atoms with E-state index in [1.807, 2.05) is 0 Å². The first kappa shape index (κ1) is 14.1. The van der Waals surface area contributed by atoms with Crippen molar-refractivity contribution in [1.82, 2.24) is 10.3 Å². The molecule has 9 heteroatoms. The van der Waals surface area contributed by atoms with Crippen molar-refractivity contribution in [2.45, 2.75) is 18.6 Å². The van der Waals surface area contributed by atoms with E-state index in [-0.39, 0.29) is 25.2 Å². The highest BCUT2D eigenvalue weighted by Crippen LogP contribution is 2.30. The zero-order chi connectivity index (χ0) is 14.7. The number of anilines is 1. The fraction of sp³-hybridized carbons (Fsp3) is 0.455. The molecule has 0 aliphatic carbocycles. The molecule has 1 aromatic heterocycles. The highest BCUT2D eigenvalue weighted by atomic mass is 19.1. The number of carboxylic acid groups (broad SMARTS) is 1. The van der Waals surface area contributed by atoms with Crippen LogP contribution >= 0.6 is 0 Å². The van der Waals surface area contributed by atoms with Crippen LogP contribution in [0.4, 0.5) is 20.6 Å². The van der Waals surface area contributed by atoms with Gasteiger partial charge in [-0.05, 0) is 6.07 Å². The second-order valence-electron chi connectivity index (χ2n) is 4.42. The summed E-state index contributed by atoms with van der Waals surface area (Å²) in [6, 6.07) is 0.547. The van der Waals surface area contributed by atoms with Gasteiger partial charge in [0.2, 0.25) is 0 Å². The van der Waals surface area contributed by atoms with Gasteiger partial charge in [-0.25, -0.2) is 9.18 Å². The Balaban J connectivity index is 2.38. The van der Waals surface area contributed by atoms with Gasteiger partial charge in [-0.3, -0.25) is 20.0 Å². The zero-order valence-electron chi connectivity index (χ0n) is 10.4. The summed E-state index contributed by atoms with van der Waals surface area (Å²) in [4.78, 5) is 26.1. The molecule has 0 aromatic carbocycles. The van der Waals surface area contributed by atoms with Crippen LogP contribution < -0.4 is 10.2 Å². The minimum atomic E-state index is -1.36. The number of hydrogen-bond donors (Lipinski definition) is 2. The van der Waals surface area contributed by atoms with Gasteiger partial charge in [0.25, 0.3) is 0 Å². The normalized spacial score (nSPS) is 22.2. The van der Waals surface area contributed by atoms with Crippen molar-refractivity contribution in [2.24, 2.45) is 0 Å². The molecule has 8 nitrogen and oxygen atoms in total. The Kier molecular flexibility index (Phi) is 4.08. The van der Waals surface area contributed by atoms with Crippen LogP contribution in [0.25, 0.3) is 0 Å². The van der Waals surface area contributed by atoms with Crippen LogP contribution in [0.15, 0.2) is 18.5 Å². The first-order valence-corrected chi connectivity index (χ1v) is 5.96. The number of amides is 1. The third-order valence-corrected chi connectivity index (χ3v) is 3.08. The summed E-state index contributed by atoms with van der Waals surface area (Å²) in [5.74, 6) is 0. The molecule has 1 fully saturated rings. The topological polar surface area (TPSA) is 109 Å². The Hall–Kier alpha value is -2.29. The summed E-state index contributed by atoms with van der Waals surface area (Å²) < 4.78 is 13.4. The lowest BCUT2D eigenvalue weighted by Gasteiger charge is -2.33. The van der Waals surface area contributed by atoms with E-state index in [1.165, 1.54) is 12.3 Å². The average molecular weight is 284 g/mol. The quantitative estimate of drug-likeness (QED) is 0.637. The van der Waals surface area contributed by atoms with E-state index in [1.54, 1.807) is 0 Å². The smallest absolute Gasteiger partial charge is 0.412 e. The summed E-state index contributed by atoms with van der Waals surface area (Å²) in [6.07, 6.45) is -0.300. The van der Waals surface area contributed by atoms with Gasteiger partial charge >= 0.3 is 11.8 Å². The van der Waals surface area contributed by atoms with Crippen molar-refractivity contribution in [3.8, 4) is 0 Å². The maximum atomic E-state index is 13.4. The van der Waals surface area contributed by atoms with Crippen molar-refractivity contribution >= 4 is 17.5 Å². The number of nitro groups is 1. The Bertz CT molecular complexity index is 527. The Morgan fingerprint density at radius 2 is 2.35 bits per heavy atom. The van der Waals surface area contributed by atoms with Crippen LogP contribution in [0.5, 0.6) is 0 Å². The molecule has 2 atom stereocenters. The van der Waals surface area contributed by atoms with E-state index < -0.39 is 28.9 Å². The number of carbonyl (C=O) groups is 1. The summed E-state index contributed by atoms with van der Waals surface area (Å²) in [5, 5.41) is 23.0. The fourth-order valence-electron chi connectivity index (χ4n) is 2.24. The molecule has 1 aromatic rings. The van der Waals surface area contributed by atoms with E-state index in [4.69, 9.17) is 0 Å². The number of nitrogens with one attached hydrogen (secondary N) is 1. The monoisotopic (exact) mass is 284 g/mol. The molecule has 1 amide bonds. The molecule has 20 heavy (non-hydrogen) atoms. The van der Waals surface area contributed by atoms with Crippen LogP contribution in [-0.2, 0) is 0 Å². The van der Waals surface area contributed by atoms with Crippen LogP contribution in [0.2, 0.25) is 0 Å². The minimum absolute atomic E-state index is 0.00121. The van der Waals surface area contributed by atoms with E-state index in [0.717, 1.165) is 11.1 Å². The molecular weight excluding hydrogens is 271 g/mol. The Labute approximate surface area is 113 Å². The second-order valence-corrected chi connectivity index (χ2v) is 4.42. The van der Waals surface area contributed by atoms with Gasteiger partial charge in [0.05, 0.1) is 11.0 Å². The van der Waals surface area contributed by atoms with Crippen molar-refractivity contribution in [2.75, 3.05) is 18.0 Å². The molecular formula is C11H13FN4O4. The van der Waals surface area contributed by atoms with Crippen molar-refractivity contribution in [3.63, 3.8) is 0 Å². The van der Waals surface area contributed by atoms with Gasteiger partial charge in [0, 0.05) is 25.7 Å². The number of piperidine rings is 1. The second kappa shape index (κ2) is 5.78. The van der Waals surface area contributed by atoms with Gasteiger partial charge in [0.15, 0.2) is 0 Å². The van der Waals surface area contributed by atoms with Gasteiger partial charge in [0.1, 0.15) is 18.1 Å². The Morgan fingerprint density at radius 3 is 2.95 bits per heavy atom. The molecule has 0 bridgehead atoms. The molecule has 0 saturated carbocycles. The maximum absolute atomic E-state index is 13.4. The summed E-state index contributed by atoms with van der Waals surface area (Å²) >= 11 is 0. The number of hydrogen-bond acceptors (Lipinski definition) is 5. The van der Waals surface area contributed by atoms with Crippen LogP contribution in [-0.4, -0.2) is 46.4 Å². The van der Waals surface area contributed by atoms with Crippen LogP contribution in [0, 0.1) is 10.1 Å². The number of nitrogens with zero attached hydrogens (tertiary/aromatic N) is 3. The molecule has 2 rings (SSSR count). The average Bonchev–Trinajstić information content (AvgIpc) is 2.39. The van der Waals surface area contributed by atoms with E-state index in [0.29, 0.717) is 0 Å². The first-order valence-electron chi connectivity index (χ1n) is 5.96. The molecule has 2 heterocycles. The fourth-order valence-corrected chi connectivity index (χ4v) is 2.24. The van der Waals surface area contributed by atoms with Crippen molar-refractivity contribution < 1.29 is 19.2 Å². The molecule has 0 unspecified atom stereocenters. The standard InChI is InChI=1S/C11H13FN4O4/c12-7-3-8(5-14-4-7)15(11(17)18)9-1-2-13-6-10(9)16(19)20/h1-2,6-8,14H,3-5H2,(H,17,18)/t7-,8-/m0/s1. The van der Waals surface area contributed by atoms with Gasteiger partial charge < -0.3 is 10.4 Å². The molecule has 2 N–H and O–H groups in total. The van der Waals surface area contributed by atoms with Gasteiger partial charge in [-0.2, -0.15) is 0 Å². The molecule has 0 radical (unpaired) electrons. The zero-order valence-corrected chi connectivity index (χ0v) is 10.4. The Morgan fingerprint density at radius 1 is 1.60 bits per heavy atom. The lowest BCUT2D eigenvalue weighted by atomic mass is 10.0. The largest absolute Gasteiger partial charge is 0.465 e. The highest BCUT2D eigenvalue weighted by molar-refractivity contribution is 5.89. The molecule has 0 spiro atoms. The number of rotatable bonds is 3. The molecule has 1 aliphatic rings. The molecule has 1 aliphatic heterocycles. The highest BCUT2D eigenvalue weighted by Gasteiger charge is 2.34. The van der Waals surface area contributed by atoms with E-state index in [9.17, 15) is 24.4 Å². The summed E-state index contributed by atoms with van der Waals surface area (Å²) in [5.41, 5.74) is -0.519. The number of pyridine rings is 1. The number of alkyl halides is 1. The maximum Gasteiger partial charge on any atom is 0.412 e. The third kappa shape index (κ3) is 2.82.